The Kier molecular flexibility index (Phi) is 5.64. The van der Waals surface area contributed by atoms with Gasteiger partial charge in [0, 0.05) is 22.7 Å². The number of hydrogen-bond donors (Lipinski definition) is 3. The number of hydrogen-bond acceptors (Lipinski definition) is 6. The van der Waals surface area contributed by atoms with Gasteiger partial charge in [0.2, 0.25) is 0 Å². The summed E-state index contributed by atoms with van der Waals surface area (Å²) >= 11 is 6.58. The van der Waals surface area contributed by atoms with Gasteiger partial charge in [-0.15, -0.1) is 0 Å². The second kappa shape index (κ2) is 8.77. The lowest BCUT2D eigenvalue weighted by molar-refractivity contribution is -0.122. The number of rotatable bonds is 5. The average molecular weight is 488 g/mol. The molecule has 1 saturated heterocycles. The quantitative estimate of drug-likeness (QED) is 0.268. The van der Waals surface area contributed by atoms with Gasteiger partial charge in [0.15, 0.2) is 0 Å². The van der Waals surface area contributed by atoms with Gasteiger partial charge in [-0.25, -0.2) is 9.78 Å². The molecule has 1 aliphatic rings. The molecule has 9 heteroatoms. The van der Waals surface area contributed by atoms with Crippen molar-refractivity contribution >= 4 is 57.2 Å². The van der Waals surface area contributed by atoms with Crippen molar-refractivity contribution in [2.24, 2.45) is 0 Å². The van der Waals surface area contributed by atoms with E-state index in [1.54, 1.807) is 12.1 Å². The van der Waals surface area contributed by atoms with Crippen LogP contribution < -0.4 is 0 Å². The summed E-state index contributed by atoms with van der Waals surface area (Å²) in [7, 11) is 0. The van der Waals surface area contributed by atoms with Crippen LogP contribution in [0.4, 0.5) is 0 Å². The number of benzene rings is 2. The number of nitrogens with one attached hydrogen (secondary N) is 1. The number of carbonyl (C=O) groups excluding carboxylic acids is 1. The zero-order valence-corrected chi connectivity index (χ0v) is 19.2. The molecule has 4 aromatic rings. The summed E-state index contributed by atoms with van der Waals surface area (Å²) in [5.74, 6) is -1.84. The summed E-state index contributed by atoms with van der Waals surface area (Å²) in [6.45, 7) is 0.125. The van der Waals surface area contributed by atoms with Crippen LogP contribution in [-0.4, -0.2) is 41.3 Å². The minimum atomic E-state index is -1.22. The molecular weight excluding hydrogens is 470 g/mol. The number of thioether (sulfide) groups is 1. The van der Waals surface area contributed by atoms with E-state index in [9.17, 15) is 14.7 Å². The maximum Gasteiger partial charge on any atom is 0.339 e. The molecule has 0 saturated carbocycles. The Morgan fingerprint density at radius 2 is 2.00 bits per heavy atom. The number of H-pyrrole nitrogens is 1. The monoisotopic (exact) mass is 487 g/mol. The van der Waals surface area contributed by atoms with Gasteiger partial charge in [0.1, 0.15) is 15.6 Å². The van der Waals surface area contributed by atoms with E-state index in [4.69, 9.17) is 22.3 Å². The molecule has 5 rings (SSSR count). The van der Waals surface area contributed by atoms with Crippen molar-refractivity contribution in [3.8, 4) is 17.0 Å². The van der Waals surface area contributed by atoms with Crippen LogP contribution in [0.15, 0.2) is 71.8 Å². The number of aromatic nitrogens is 2. The number of phenols is 1. The molecule has 168 valence electrons. The van der Waals surface area contributed by atoms with Crippen LogP contribution in [0.2, 0.25) is 0 Å². The molecule has 1 fully saturated rings. The van der Waals surface area contributed by atoms with Gasteiger partial charge in [-0.2, -0.15) is 0 Å². The second-order valence-electron chi connectivity index (χ2n) is 7.65. The van der Waals surface area contributed by atoms with Crippen LogP contribution in [0.25, 0.3) is 28.2 Å². The van der Waals surface area contributed by atoms with Crippen molar-refractivity contribution in [1.82, 2.24) is 14.9 Å². The molecule has 0 bridgehead atoms. The second-order valence-corrected chi connectivity index (χ2v) is 9.33. The first-order valence-corrected chi connectivity index (χ1v) is 11.5. The van der Waals surface area contributed by atoms with E-state index in [-0.39, 0.29) is 23.8 Å². The zero-order chi connectivity index (χ0) is 23.8. The predicted molar refractivity (Wildman–Crippen MR) is 135 cm³/mol. The standard InChI is InChI=1S/C25H17N3O4S2/c29-21-10-14(4-6-18(21)24(31)32)13-28-23(30)22(34-25(28)33)12-17-2-1-3-20(27-17)15-5-7-19-16(11-15)8-9-26-19/h1-12,26,29H,13H2,(H,31,32). The van der Waals surface area contributed by atoms with Gasteiger partial charge in [-0.3, -0.25) is 9.69 Å². The van der Waals surface area contributed by atoms with E-state index >= 15 is 0 Å². The fraction of sp³-hybridized carbons (Fsp3) is 0.0400. The summed E-state index contributed by atoms with van der Waals surface area (Å²) in [4.78, 5) is 33.9. The Bertz CT molecular complexity index is 1510. The summed E-state index contributed by atoms with van der Waals surface area (Å²) in [6, 6.07) is 17.9. The first kappa shape index (κ1) is 21.9. The minimum absolute atomic E-state index is 0.125. The number of pyridine rings is 1. The maximum absolute atomic E-state index is 13.0. The largest absolute Gasteiger partial charge is 0.507 e. The smallest absolute Gasteiger partial charge is 0.339 e. The van der Waals surface area contributed by atoms with Crippen LogP contribution in [0.3, 0.4) is 0 Å². The first-order chi connectivity index (χ1) is 16.4. The third-order valence-corrected chi connectivity index (χ3v) is 6.78. The van der Waals surface area contributed by atoms with Gasteiger partial charge in [0.05, 0.1) is 22.8 Å². The molecule has 0 radical (unpaired) electrons. The summed E-state index contributed by atoms with van der Waals surface area (Å²) in [5.41, 5.74) is 3.82. The molecule has 0 spiro atoms. The number of thiocarbonyl (C=S) groups is 1. The fourth-order valence-corrected chi connectivity index (χ4v) is 4.95. The Labute approximate surface area is 203 Å². The Balaban J connectivity index is 1.38. The molecule has 3 N–H and O–H groups in total. The number of amides is 1. The van der Waals surface area contributed by atoms with Crippen molar-refractivity contribution in [1.29, 1.82) is 0 Å². The number of aromatic amines is 1. The third kappa shape index (κ3) is 4.18. The summed E-state index contributed by atoms with van der Waals surface area (Å²) < 4.78 is 0.382. The molecule has 0 unspecified atom stereocenters. The van der Waals surface area contributed by atoms with Crippen LogP contribution >= 0.6 is 24.0 Å². The highest BCUT2D eigenvalue weighted by atomic mass is 32.2. The van der Waals surface area contributed by atoms with Crippen LogP contribution in [0.1, 0.15) is 21.6 Å². The molecule has 2 aromatic carbocycles. The SMILES string of the molecule is O=C(O)c1ccc(CN2C(=O)C(=Cc3cccc(-c4ccc5[nH]ccc5c4)n3)SC2=S)cc1O. The fourth-order valence-electron chi connectivity index (χ4n) is 3.71. The molecule has 0 atom stereocenters. The topological polar surface area (TPSA) is 107 Å². The van der Waals surface area contributed by atoms with E-state index in [1.807, 2.05) is 42.6 Å². The van der Waals surface area contributed by atoms with Crippen LogP contribution in [-0.2, 0) is 11.3 Å². The molecule has 3 heterocycles. The third-order valence-electron chi connectivity index (χ3n) is 5.41. The zero-order valence-electron chi connectivity index (χ0n) is 17.6. The van der Waals surface area contributed by atoms with Crippen molar-refractivity contribution in [2.45, 2.75) is 6.54 Å². The highest BCUT2D eigenvalue weighted by molar-refractivity contribution is 8.26. The highest BCUT2D eigenvalue weighted by Crippen LogP contribution is 2.34. The van der Waals surface area contributed by atoms with Crippen molar-refractivity contribution in [2.75, 3.05) is 0 Å². The number of fused-ring (bicyclic) bond motifs is 1. The lowest BCUT2D eigenvalue weighted by Crippen LogP contribution is -2.27. The van der Waals surface area contributed by atoms with Gasteiger partial charge >= 0.3 is 5.97 Å². The van der Waals surface area contributed by atoms with Gasteiger partial charge in [0.25, 0.3) is 5.91 Å². The Hall–Kier alpha value is -3.95. The van der Waals surface area contributed by atoms with E-state index < -0.39 is 5.97 Å². The summed E-state index contributed by atoms with van der Waals surface area (Å²) in [6.07, 6.45) is 3.60. The number of carboxylic acids is 1. The number of carbonyl (C=O) groups is 2. The van der Waals surface area contributed by atoms with Gasteiger partial charge < -0.3 is 15.2 Å². The molecular formula is C25H17N3O4S2. The van der Waals surface area contributed by atoms with Crippen LogP contribution in [0, 0.1) is 0 Å². The van der Waals surface area contributed by atoms with Crippen molar-refractivity contribution in [3.05, 3.63) is 88.6 Å². The molecule has 0 aliphatic carbocycles. The van der Waals surface area contributed by atoms with Crippen LogP contribution in [0.5, 0.6) is 5.75 Å². The maximum atomic E-state index is 13.0. The molecule has 2 aromatic heterocycles. The molecule has 1 aliphatic heterocycles. The highest BCUT2D eigenvalue weighted by Gasteiger charge is 2.32. The van der Waals surface area contributed by atoms with Crippen molar-refractivity contribution < 1.29 is 19.8 Å². The Morgan fingerprint density at radius 1 is 1.15 bits per heavy atom. The molecule has 34 heavy (non-hydrogen) atoms. The number of carboxylic acid groups (broad SMARTS) is 1. The number of aromatic hydroxyl groups is 1. The van der Waals surface area contributed by atoms with Gasteiger partial charge in [-0.05, 0) is 54.1 Å². The lowest BCUT2D eigenvalue weighted by Gasteiger charge is -2.15. The summed E-state index contributed by atoms with van der Waals surface area (Å²) in [5, 5.41) is 20.1. The number of nitrogens with zero attached hydrogens (tertiary/aromatic N) is 2. The Morgan fingerprint density at radius 3 is 2.79 bits per heavy atom. The average Bonchev–Trinajstić information content (AvgIpc) is 3.38. The first-order valence-electron chi connectivity index (χ1n) is 10.2. The predicted octanol–water partition coefficient (Wildman–Crippen LogP) is 5.04. The van der Waals surface area contributed by atoms with Crippen molar-refractivity contribution in [3.63, 3.8) is 0 Å². The molecule has 7 nitrogen and oxygen atoms in total. The van der Waals surface area contributed by atoms with E-state index in [0.29, 0.717) is 20.5 Å². The lowest BCUT2D eigenvalue weighted by atomic mass is 10.1. The number of aromatic carboxylic acids is 1. The van der Waals surface area contributed by atoms with E-state index in [1.165, 1.54) is 28.8 Å². The molecule has 1 amide bonds. The van der Waals surface area contributed by atoms with Gasteiger partial charge in [-0.1, -0.05) is 42.2 Å². The van der Waals surface area contributed by atoms with E-state index in [0.717, 1.165) is 22.2 Å². The normalized spacial score (nSPS) is 14.9. The van der Waals surface area contributed by atoms with E-state index in [2.05, 4.69) is 11.1 Å². The minimum Gasteiger partial charge on any atom is -0.507 e.